The van der Waals surface area contributed by atoms with E-state index in [4.69, 9.17) is 0 Å². The van der Waals surface area contributed by atoms with E-state index in [1.165, 1.54) is 22.5 Å². The first-order valence-corrected chi connectivity index (χ1v) is 6.89. The predicted molar refractivity (Wildman–Crippen MR) is 74.6 cm³/mol. The zero-order valence-corrected chi connectivity index (χ0v) is 11.2. The van der Waals surface area contributed by atoms with Crippen molar-refractivity contribution < 1.29 is 0 Å². The van der Waals surface area contributed by atoms with E-state index in [0.717, 1.165) is 18.7 Å². The van der Waals surface area contributed by atoms with Crippen LogP contribution in [0.2, 0.25) is 0 Å². The van der Waals surface area contributed by atoms with Gasteiger partial charge in [0.25, 0.3) is 0 Å². The molecule has 90 valence electrons. The third-order valence-electron chi connectivity index (χ3n) is 2.79. The smallest absolute Gasteiger partial charge is 0.0798 e. The van der Waals surface area contributed by atoms with Crippen LogP contribution in [0.5, 0.6) is 0 Å². The number of anilines is 1. The summed E-state index contributed by atoms with van der Waals surface area (Å²) in [6.45, 7) is 5.13. The van der Waals surface area contributed by atoms with Crippen molar-refractivity contribution in [1.29, 1.82) is 0 Å². The van der Waals surface area contributed by atoms with Gasteiger partial charge in [0, 0.05) is 10.6 Å². The average Bonchev–Trinajstić information content (AvgIpc) is 2.75. The van der Waals surface area contributed by atoms with Gasteiger partial charge in [-0.2, -0.15) is 0 Å². The van der Waals surface area contributed by atoms with Crippen LogP contribution in [-0.4, -0.2) is 4.98 Å². The predicted octanol–water partition coefficient (Wildman–Crippen LogP) is 4.02. The SMILES string of the molecule is CCCc1ccc(NCc2scnc2C)cc1. The van der Waals surface area contributed by atoms with Gasteiger partial charge in [-0.15, -0.1) is 11.3 Å². The van der Waals surface area contributed by atoms with Gasteiger partial charge in [-0.1, -0.05) is 25.5 Å². The van der Waals surface area contributed by atoms with Crippen molar-refractivity contribution in [2.24, 2.45) is 0 Å². The van der Waals surface area contributed by atoms with Crippen LogP contribution in [0, 0.1) is 6.92 Å². The van der Waals surface area contributed by atoms with Gasteiger partial charge < -0.3 is 5.32 Å². The Morgan fingerprint density at radius 1 is 1.24 bits per heavy atom. The average molecular weight is 246 g/mol. The fourth-order valence-corrected chi connectivity index (χ4v) is 2.47. The molecule has 0 saturated carbocycles. The molecule has 2 aromatic rings. The second kappa shape index (κ2) is 5.82. The van der Waals surface area contributed by atoms with E-state index in [-0.39, 0.29) is 0 Å². The van der Waals surface area contributed by atoms with Crippen molar-refractivity contribution in [2.45, 2.75) is 33.2 Å². The van der Waals surface area contributed by atoms with Crippen LogP contribution in [0.3, 0.4) is 0 Å². The maximum atomic E-state index is 4.25. The van der Waals surface area contributed by atoms with Gasteiger partial charge in [-0.3, -0.25) is 0 Å². The number of nitrogens with zero attached hydrogens (tertiary/aromatic N) is 1. The van der Waals surface area contributed by atoms with E-state index in [9.17, 15) is 0 Å². The number of thiazole rings is 1. The minimum Gasteiger partial charge on any atom is -0.380 e. The molecule has 0 aliphatic heterocycles. The number of benzene rings is 1. The highest BCUT2D eigenvalue weighted by molar-refractivity contribution is 7.09. The summed E-state index contributed by atoms with van der Waals surface area (Å²) in [7, 11) is 0. The summed E-state index contributed by atoms with van der Waals surface area (Å²) >= 11 is 1.71. The largest absolute Gasteiger partial charge is 0.380 e. The summed E-state index contributed by atoms with van der Waals surface area (Å²) in [6, 6.07) is 8.71. The Balaban J connectivity index is 1.93. The molecule has 1 aromatic carbocycles. The van der Waals surface area contributed by atoms with Crippen molar-refractivity contribution in [3.8, 4) is 0 Å². The van der Waals surface area contributed by atoms with E-state index < -0.39 is 0 Å². The third-order valence-corrected chi connectivity index (χ3v) is 3.73. The lowest BCUT2D eigenvalue weighted by molar-refractivity contribution is 0.922. The normalized spacial score (nSPS) is 10.5. The molecule has 2 rings (SSSR count). The molecule has 1 N–H and O–H groups in total. The molecular formula is C14H18N2S. The first-order chi connectivity index (χ1) is 8.29. The van der Waals surface area contributed by atoms with Gasteiger partial charge in [0.1, 0.15) is 0 Å². The monoisotopic (exact) mass is 246 g/mol. The van der Waals surface area contributed by atoms with Crippen LogP contribution in [0.4, 0.5) is 5.69 Å². The maximum absolute atomic E-state index is 4.25. The van der Waals surface area contributed by atoms with Crippen LogP contribution in [0.25, 0.3) is 0 Å². The maximum Gasteiger partial charge on any atom is 0.0798 e. The van der Waals surface area contributed by atoms with Gasteiger partial charge in [0.15, 0.2) is 0 Å². The summed E-state index contributed by atoms with van der Waals surface area (Å²) in [4.78, 5) is 5.55. The minimum atomic E-state index is 0.865. The van der Waals surface area contributed by atoms with E-state index >= 15 is 0 Å². The van der Waals surface area contributed by atoms with Crippen LogP contribution in [0.1, 0.15) is 29.5 Å². The molecule has 0 saturated heterocycles. The van der Waals surface area contributed by atoms with Gasteiger partial charge >= 0.3 is 0 Å². The van der Waals surface area contributed by atoms with Crippen molar-refractivity contribution in [2.75, 3.05) is 5.32 Å². The zero-order chi connectivity index (χ0) is 12.1. The number of rotatable bonds is 5. The summed E-state index contributed by atoms with van der Waals surface area (Å²) in [5.74, 6) is 0. The Morgan fingerprint density at radius 3 is 2.59 bits per heavy atom. The molecule has 0 radical (unpaired) electrons. The first kappa shape index (κ1) is 12.1. The third kappa shape index (κ3) is 3.30. The Labute approximate surface area is 107 Å². The molecule has 0 bridgehead atoms. The zero-order valence-electron chi connectivity index (χ0n) is 10.4. The van der Waals surface area contributed by atoms with E-state index in [0.29, 0.717) is 0 Å². The van der Waals surface area contributed by atoms with E-state index in [1.807, 2.05) is 5.51 Å². The van der Waals surface area contributed by atoms with Crippen LogP contribution in [0.15, 0.2) is 29.8 Å². The lowest BCUT2D eigenvalue weighted by atomic mass is 10.1. The molecule has 0 aliphatic carbocycles. The molecule has 1 heterocycles. The van der Waals surface area contributed by atoms with Gasteiger partial charge in [-0.05, 0) is 31.0 Å². The van der Waals surface area contributed by atoms with Gasteiger partial charge in [0.2, 0.25) is 0 Å². The van der Waals surface area contributed by atoms with Crippen LogP contribution < -0.4 is 5.32 Å². The number of hydrogen-bond donors (Lipinski definition) is 1. The lowest BCUT2D eigenvalue weighted by Gasteiger charge is -2.06. The van der Waals surface area contributed by atoms with Crippen molar-refractivity contribution in [3.05, 3.63) is 45.9 Å². The molecule has 0 amide bonds. The number of hydrogen-bond acceptors (Lipinski definition) is 3. The lowest BCUT2D eigenvalue weighted by Crippen LogP contribution is -1.99. The number of aromatic nitrogens is 1. The highest BCUT2D eigenvalue weighted by atomic mass is 32.1. The topological polar surface area (TPSA) is 24.9 Å². The minimum absolute atomic E-state index is 0.865. The second-order valence-electron chi connectivity index (χ2n) is 4.16. The Morgan fingerprint density at radius 2 is 2.00 bits per heavy atom. The molecular weight excluding hydrogens is 228 g/mol. The fourth-order valence-electron chi connectivity index (χ4n) is 1.76. The summed E-state index contributed by atoms with van der Waals surface area (Å²) in [5, 5.41) is 3.43. The Bertz CT molecular complexity index is 459. The molecule has 0 unspecified atom stereocenters. The highest BCUT2D eigenvalue weighted by Gasteiger charge is 2.00. The van der Waals surface area contributed by atoms with Gasteiger partial charge in [-0.25, -0.2) is 4.98 Å². The Hall–Kier alpha value is -1.35. The van der Waals surface area contributed by atoms with Crippen molar-refractivity contribution in [3.63, 3.8) is 0 Å². The molecule has 0 aliphatic rings. The second-order valence-corrected chi connectivity index (χ2v) is 5.10. The summed E-state index contributed by atoms with van der Waals surface area (Å²) in [5.41, 5.74) is 5.62. The molecule has 0 fully saturated rings. The molecule has 1 aromatic heterocycles. The molecule has 17 heavy (non-hydrogen) atoms. The Kier molecular flexibility index (Phi) is 4.15. The molecule has 0 atom stereocenters. The van der Waals surface area contributed by atoms with E-state index in [1.54, 1.807) is 11.3 Å². The summed E-state index contributed by atoms with van der Waals surface area (Å²) in [6.07, 6.45) is 2.36. The molecule has 3 heteroatoms. The van der Waals surface area contributed by atoms with Gasteiger partial charge in [0.05, 0.1) is 17.7 Å². The highest BCUT2D eigenvalue weighted by Crippen LogP contribution is 2.16. The molecule has 0 spiro atoms. The van der Waals surface area contributed by atoms with Crippen molar-refractivity contribution >= 4 is 17.0 Å². The fraction of sp³-hybridized carbons (Fsp3) is 0.357. The first-order valence-electron chi connectivity index (χ1n) is 6.01. The van der Waals surface area contributed by atoms with Crippen molar-refractivity contribution in [1.82, 2.24) is 4.98 Å². The number of nitrogens with one attached hydrogen (secondary N) is 1. The molecule has 2 nitrogen and oxygen atoms in total. The summed E-state index contributed by atoms with van der Waals surface area (Å²) < 4.78 is 0. The standard InChI is InChI=1S/C14H18N2S/c1-3-4-12-5-7-13(8-6-12)15-9-14-11(2)16-10-17-14/h5-8,10,15H,3-4,9H2,1-2H3. The van der Waals surface area contributed by atoms with Crippen LogP contribution in [-0.2, 0) is 13.0 Å². The van der Waals surface area contributed by atoms with E-state index in [2.05, 4.69) is 48.4 Å². The quantitative estimate of drug-likeness (QED) is 0.862. The number of aryl methyl sites for hydroxylation is 2. The van der Waals surface area contributed by atoms with Crippen LogP contribution >= 0.6 is 11.3 Å².